The fourth-order valence-corrected chi connectivity index (χ4v) is 6.72. The predicted octanol–water partition coefficient (Wildman–Crippen LogP) is 5.35. The van der Waals surface area contributed by atoms with E-state index in [0.29, 0.717) is 12.8 Å². The molecule has 10 heteroatoms. The summed E-state index contributed by atoms with van der Waals surface area (Å²) in [6.07, 6.45) is 0.862. The van der Waals surface area contributed by atoms with Crippen molar-refractivity contribution in [3.63, 3.8) is 0 Å². The summed E-state index contributed by atoms with van der Waals surface area (Å²) in [5.41, 5.74) is 1.82. The zero-order valence-electron chi connectivity index (χ0n) is 21.9. The summed E-state index contributed by atoms with van der Waals surface area (Å²) in [7, 11) is -8.48. The summed E-state index contributed by atoms with van der Waals surface area (Å²) in [5.74, 6) is -1.24. The van der Waals surface area contributed by atoms with Crippen molar-refractivity contribution >= 4 is 43.2 Å². The van der Waals surface area contributed by atoms with Crippen LogP contribution in [0.15, 0.2) is 82.6 Å². The number of nitrogens with zero attached hydrogens (tertiary/aromatic N) is 2. The van der Waals surface area contributed by atoms with E-state index in [1.807, 2.05) is 13.8 Å². The number of hydrogen-bond donors (Lipinski definition) is 0. The molecular formula is C28H32N2O6S2. The second-order valence-electron chi connectivity index (χ2n) is 8.97. The molecular weight excluding hydrogens is 524 g/mol. The molecule has 8 nitrogen and oxygen atoms in total. The molecule has 0 fully saturated rings. The van der Waals surface area contributed by atoms with E-state index in [1.165, 1.54) is 48.5 Å². The van der Waals surface area contributed by atoms with Gasteiger partial charge in [0.15, 0.2) is 0 Å². The molecule has 3 rings (SSSR count). The normalized spacial score (nSPS) is 11.7. The number of amides is 2. The Morgan fingerprint density at radius 2 is 0.842 bits per heavy atom. The molecule has 0 aliphatic heterocycles. The molecule has 0 bridgehead atoms. The first kappa shape index (κ1) is 29.1. The van der Waals surface area contributed by atoms with Crippen molar-refractivity contribution in [1.82, 2.24) is 0 Å². The van der Waals surface area contributed by atoms with Crippen molar-refractivity contribution in [2.24, 2.45) is 0 Å². The van der Waals surface area contributed by atoms with Crippen molar-refractivity contribution in [3.8, 4) is 0 Å². The van der Waals surface area contributed by atoms with E-state index in [0.717, 1.165) is 19.7 Å². The Balaban J connectivity index is 2.10. The molecule has 202 valence electrons. The quantitative estimate of drug-likeness (QED) is 0.333. The van der Waals surface area contributed by atoms with E-state index in [9.17, 15) is 26.4 Å². The molecule has 3 aromatic rings. The molecule has 3 aromatic carbocycles. The molecule has 0 saturated heterocycles. The fourth-order valence-electron chi connectivity index (χ4n) is 3.82. The average Bonchev–Trinajstić information content (AvgIpc) is 2.86. The van der Waals surface area contributed by atoms with Gasteiger partial charge in [-0.2, -0.15) is 0 Å². The van der Waals surface area contributed by atoms with Crippen LogP contribution in [0.2, 0.25) is 0 Å². The van der Waals surface area contributed by atoms with Crippen LogP contribution in [-0.2, 0) is 29.6 Å². The van der Waals surface area contributed by atoms with E-state index >= 15 is 0 Å². The number of carbonyl (C=O) groups is 2. The lowest BCUT2D eigenvalue weighted by Gasteiger charge is -2.25. The van der Waals surface area contributed by atoms with Crippen molar-refractivity contribution in [2.75, 3.05) is 8.61 Å². The predicted molar refractivity (Wildman–Crippen MR) is 148 cm³/mol. The second kappa shape index (κ2) is 11.9. The summed E-state index contributed by atoms with van der Waals surface area (Å²) in [6.45, 7) is 7.19. The Bertz CT molecular complexity index is 1380. The minimum atomic E-state index is -4.24. The van der Waals surface area contributed by atoms with E-state index in [1.54, 1.807) is 38.1 Å². The molecule has 0 aliphatic carbocycles. The van der Waals surface area contributed by atoms with Gasteiger partial charge < -0.3 is 0 Å². The Labute approximate surface area is 225 Å². The third kappa shape index (κ3) is 6.14. The van der Waals surface area contributed by atoms with Crippen molar-refractivity contribution in [2.45, 2.75) is 63.2 Å². The van der Waals surface area contributed by atoms with Crippen molar-refractivity contribution < 1.29 is 26.4 Å². The molecule has 0 radical (unpaired) electrons. The number of aryl methyl sites for hydroxylation is 2. The standard InChI is InChI=1S/C28H32N2O6S2/c1-5-7-27(31)29(37(33,34)25-17-9-21(3)10-18-25)23-13-15-24(16-14-23)30(28(32)8-6-2)38(35,36)26-19-11-22(4)12-20-26/h9-20H,5-8H2,1-4H3. The summed E-state index contributed by atoms with van der Waals surface area (Å²) < 4.78 is 55.4. The average molecular weight is 557 g/mol. The summed E-state index contributed by atoms with van der Waals surface area (Å²) in [4.78, 5) is 25.9. The molecule has 0 spiro atoms. The van der Waals surface area contributed by atoms with Gasteiger partial charge in [-0.25, -0.2) is 25.4 Å². The SMILES string of the molecule is CCCC(=O)N(c1ccc(N(C(=O)CCC)S(=O)(=O)c2ccc(C)cc2)cc1)S(=O)(=O)c1ccc(C)cc1. The monoisotopic (exact) mass is 556 g/mol. The number of hydrogen-bond acceptors (Lipinski definition) is 6. The molecule has 38 heavy (non-hydrogen) atoms. The van der Waals surface area contributed by atoms with E-state index < -0.39 is 31.9 Å². The molecule has 0 saturated carbocycles. The summed E-state index contributed by atoms with van der Waals surface area (Å²) in [5, 5.41) is 0. The Morgan fingerprint density at radius 1 is 0.553 bits per heavy atom. The fraction of sp³-hybridized carbons (Fsp3) is 0.286. The lowest BCUT2D eigenvalue weighted by atomic mass is 10.2. The van der Waals surface area contributed by atoms with Gasteiger partial charge in [-0.05, 0) is 75.2 Å². The first-order valence-corrected chi connectivity index (χ1v) is 15.2. The van der Waals surface area contributed by atoms with Crippen LogP contribution in [0, 0.1) is 13.8 Å². The van der Waals surface area contributed by atoms with Crippen LogP contribution in [0.1, 0.15) is 50.7 Å². The first-order valence-electron chi connectivity index (χ1n) is 12.3. The van der Waals surface area contributed by atoms with Crippen LogP contribution in [0.25, 0.3) is 0 Å². The van der Waals surface area contributed by atoms with Gasteiger partial charge in [0.1, 0.15) is 0 Å². The highest BCUT2D eigenvalue weighted by Crippen LogP contribution is 2.30. The van der Waals surface area contributed by atoms with Crippen LogP contribution in [0.4, 0.5) is 11.4 Å². The topological polar surface area (TPSA) is 109 Å². The lowest BCUT2D eigenvalue weighted by Crippen LogP contribution is -2.38. The Morgan fingerprint density at radius 3 is 1.11 bits per heavy atom. The number of carbonyl (C=O) groups excluding carboxylic acids is 2. The smallest absolute Gasteiger partial charge is 0.270 e. The highest BCUT2D eigenvalue weighted by molar-refractivity contribution is 7.94. The lowest BCUT2D eigenvalue weighted by molar-refractivity contribution is -0.118. The van der Waals surface area contributed by atoms with E-state index in [-0.39, 0.29) is 34.0 Å². The molecule has 0 aliphatic rings. The number of benzene rings is 3. The van der Waals surface area contributed by atoms with Gasteiger partial charge in [-0.3, -0.25) is 9.59 Å². The number of rotatable bonds is 10. The van der Waals surface area contributed by atoms with Crippen LogP contribution >= 0.6 is 0 Å². The minimum Gasteiger partial charge on any atom is -0.273 e. The van der Waals surface area contributed by atoms with E-state index in [4.69, 9.17) is 0 Å². The van der Waals surface area contributed by atoms with Crippen molar-refractivity contribution in [1.29, 1.82) is 0 Å². The van der Waals surface area contributed by atoms with Gasteiger partial charge in [0.2, 0.25) is 11.8 Å². The van der Waals surface area contributed by atoms with Gasteiger partial charge in [0, 0.05) is 12.8 Å². The molecule has 0 atom stereocenters. The zero-order valence-corrected chi connectivity index (χ0v) is 23.6. The largest absolute Gasteiger partial charge is 0.273 e. The Kier molecular flexibility index (Phi) is 9.11. The molecule has 0 heterocycles. The first-order chi connectivity index (χ1) is 17.9. The molecule has 0 N–H and O–H groups in total. The maximum atomic E-state index is 13.5. The summed E-state index contributed by atoms with van der Waals surface area (Å²) in [6, 6.07) is 17.7. The molecule has 0 unspecified atom stereocenters. The minimum absolute atomic E-state index is 0.00421. The highest BCUT2D eigenvalue weighted by atomic mass is 32.2. The van der Waals surface area contributed by atoms with Crippen LogP contribution in [0.3, 0.4) is 0 Å². The van der Waals surface area contributed by atoms with Gasteiger partial charge in [0.25, 0.3) is 20.0 Å². The van der Waals surface area contributed by atoms with Gasteiger partial charge in [-0.1, -0.05) is 49.2 Å². The van der Waals surface area contributed by atoms with Gasteiger partial charge >= 0.3 is 0 Å². The highest BCUT2D eigenvalue weighted by Gasteiger charge is 2.33. The zero-order chi connectivity index (χ0) is 28.1. The maximum absolute atomic E-state index is 13.5. The van der Waals surface area contributed by atoms with Crippen molar-refractivity contribution in [3.05, 3.63) is 83.9 Å². The van der Waals surface area contributed by atoms with E-state index in [2.05, 4.69) is 0 Å². The summed E-state index contributed by atoms with van der Waals surface area (Å²) >= 11 is 0. The third-order valence-corrected chi connectivity index (χ3v) is 9.34. The Hall–Kier alpha value is -3.50. The van der Waals surface area contributed by atoms with Gasteiger partial charge in [0.05, 0.1) is 21.2 Å². The third-order valence-electron chi connectivity index (χ3n) is 5.82. The van der Waals surface area contributed by atoms with Crippen LogP contribution in [-0.4, -0.2) is 28.6 Å². The molecule has 0 aromatic heterocycles. The second-order valence-corrected chi connectivity index (χ2v) is 12.5. The van der Waals surface area contributed by atoms with Crippen LogP contribution < -0.4 is 8.61 Å². The number of sulfonamides is 2. The van der Waals surface area contributed by atoms with Crippen LogP contribution in [0.5, 0.6) is 0 Å². The maximum Gasteiger partial charge on any atom is 0.270 e. The van der Waals surface area contributed by atoms with Gasteiger partial charge in [-0.15, -0.1) is 0 Å². The number of anilines is 2. The molecule has 2 amide bonds.